The Labute approximate surface area is 110 Å². The number of nitrogens with zero attached hydrogens (tertiary/aromatic N) is 2. The monoisotopic (exact) mass is 264 g/mol. The molecule has 0 bridgehead atoms. The van der Waals surface area contributed by atoms with E-state index >= 15 is 0 Å². The van der Waals surface area contributed by atoms with E-state index in [0.717, 1.165) is 17.5 Å². The van der Waals surface area contributed by atoms with E-state index in [2.05, 4.69) is 20.6 Å². The quantitative estimate of drug-likeness (QED) is 0.816. The third-order valence-corrected chi connectivity index (χ3v) is 3.14. The van der Waals surface area contributed by atoms with E-state index in [-0.39, 0.29) is 11.5 Å². The highest BCUT2D eigenvalue weighted by Crippen LogP contribution is 2.30. The maximum Gasteiger partial charge on any atom is 0.168 e. The topological polar surface area (TPSA) is 66.4 Å². The lowest BCUT2D eigenvalue weighted by Crippen LogP contribution is -2.22. The first-order valence-electron chi connectivity index (χ1n) is 5.73. The first kappa shape index (κ1) is 12.9. The fraction of sp³-hybridized carbons (Fsp3) is 0.417. The van der Waals surface area contributed by atoms with Crippen LogP contribution in [0.25, 0.3) is 0 Å². The van der Waals surface area contributed by atoms with Crippen LogP contribution in [0, 0.1) is 0 Å². The van der Waals surface area contributed by atoms with Gasteiger partial charge in [-0.05, 0) is 26.2 Å². The predicted molar refractivity (Wildman–Crippen MR) is 76.9 cm³/mol. The molecule has 18 heavy (non-hydrogen) atoms. The van der Waals surface area contributed by atoms with Crippen molar-refractivity contribution in [2.75, 3.05) is 16.9 Å². The molecule has 0 radical (unpaired) electrons. The number of hydrogen-bond acceptors (Lipinski definition) is 6. The van der Waals surface area contributed by atoms with Crippen molar-refractivity contribution >= 4 is 35.8 Å². The fourth-order valence-electron chi connectivity index (χ4n) is 1.71. The summed E-state index contributed by atoms with van der Waals surface area (Å²) in [6.07, 6.45) is 4.52. The number of aromatic nitrogens is 1. The summed E-state index contributed by atoms with van der Waals surface area (Å²) in [5, 5.41) is 6.54. The number of nitrogens with one attached hydrogen (secondary N) is 2. The van der Waals surface area contributed by atoms with Gasteiger partial charge in [-0.2, -0.15) is 0 Å². The molecular weight excluding hydrogens is 248 g/mol. The zero-order valence-electron chi connectivity index (χ0n) is 10.6. The minimum Gasteiger partial charge on any atom is -0.366 e. The number of rotatable bonds is 4. The third-order valence-electron chi connectivity index (χ3n) is 2.46. The maximum absolute atomic E-state index is 10.9. The summed E-state index contributed by atoms with van der Waals surface area (Å²) in [5.74, 6) is 0.704. The van der Waals surface area contributed by atoms with Crippen LogP contribution in [-0.2, 0) is 0 Å². The van der Waals surface area contributed by atoms with Crippen LogP contribution in [0.1, 0.15) is 29.9 Å². The molecule has 1 aliphatic rings. The number of aliphatic imine (C=N–C) groups is 1. The van der Waals surface area contributed by atoms with Crippen LogP contribution in [-0.4, -0.2) is 35.3 Å². The van der Waals surface area contributed by atoms with E-state index < -0.39 is 0 Å². The number of aldehydes is 1. The number of carbonyl (C=O) groups is 1. The first-order chi connectivity index (χ1) is 8.63. The molecule has 2 rings (SSSR count). The predicted octanol–water partition coefficient (Wildman–Crippen LogP) is 2.21. The second-order valence-corrected chi connectivity index (χ2v) is 5.21. The molecule has 0 fully saturated rings. The van der Waals surface area contributed by atoms with Crippen LogP contribution in [0.4, 0.5) is 11.5 Å². The molecule has 1 aromatic heterocycles. The lowest BCUT2D eigenvalue weighted by molar-refractivity contribution is 0.111. The molecule has 2 heterocycles. The lowest BCUT2D eigenvalue weighted by Gasteiger charge is -2.23. The Bertz CT molecular complexity index is 487. The summed E-state index contributed by atoms with van der Waals surface area (Å²) < 4.78 is 0. The van der Waals surface area contributed by atoms with Gasteiger partial charge < -0.3 is 10.6 Å². The highest BCUT2D eigenvalue weighted by atomic mass is 32.2. The number of carbonyl (C=O) groups excluding carboxylic acids is 1. The molecule has 5 nitrogen and oxygen atoms in total. The Balaban J connectivity index is 2.45. The van der Waals surface area contributed by atoms with Crippen molar-refractivity contribution < 1.29 is 4.79 Å². The standard InChI is InChI=1S/C12H16N4OS/c1-7(2)14-11-10-8(4-9(6-17)15-11)5-13-12(16-10)18-3/h4-7,12,16H,1-3H3,(H,14,15). The van der Waals surface area contributed by atoms with Gasteiger partial charge in [0.1, 0.15) is 5.69 Å². The van der Waals surface area contributed by atoms with Gasteiger partial charge >= 0.3 is 0 Å². The number of pyridine rings is 1. The Morgan fingerprint density at radius 2 is 2.33 bits per heavy atom. The highest BCUT2D eigenvalue weighted by molar-refractivity contribution is 7.99. The molecule has 1 aliphatic heterocycles. The number of anilines is 2. The largest absolute Gasteiger partial charge is 0.366 e. The molecular formula is C12H16N4OS. The number of fused-ring (bicyclic) bond motifs is 1. The van der Waals surface area contributed by atoms with Gasteiger partial charge in [0.15, 0.2) is 17.6 Å². The van der Waals surface area contributed by atoms with E-state index in [9.17, 15) is 4.79 Å². The van der Waals surface area contributed by atoms with Crippen LogP contribution in [0.15, 0.2) is 11.1 Å². The molecule has 0 spiro atoms. The van der Waals surface area contributed by atoms with Crippen molar-refractivity contribution in [2.45, 2.75) is 25.4 Å². The highest BCUT2D eigenvalue weighted by Gasteiger charge is 2.18. The van der Waals surface area contributed by atoms with Gasteiger partial charge in [0.2, 0.25) is 0 Å². The van der Waals surface area contributed by atoms with E-state index in [1.54, 1.807) is 24.0 Å². The molecule has 0 amide bonds. The van der Waals surface area contributed by atoms with Gasteiger partial charge in [0, 0.05) is 17.8 Å². The molecule has 96 valence electrons. The van der Waals surface area contributed by atoms with Gasteiger partial charge in [0.25, 0.3) is 0 Å². The minimum atomic E-state index is -0.00547. The van der Waals surface area contributed by atoms with E-state index in [1.165, 1.54) is 0 Å². The van der Waals surface area contributed by atoms with Crippen LogP contribution in [0.5, 0.6) is 0 Å². The molecule has 1 unspecified atom stereocenters. The van der Waals surface area contributed by atoms with Gasteiger partial charge in [-0.15, -0.1) is 11.8 Å². The summed E-state index contributed by atoms with van der Waals surface area (Å²) in [6, 6.07) is 1.98. The second kappa shape index (κ2) is 5.39. The zero-order valence-corrected chi connectivity index (χ0v) is 11.4. The average molecular weight is 264 g/mol. The average Bonchev–Trinajstić information content (AvgIpc) is 2.37. The molecule has 6 heteroatoms. The third kappa shape index (κ3) is 2.64. The SMILES string of the molecule is CSC1N=Cc2cc(C=O)nc(NC(C)C)c2N1. The molecule has 0 aliphatic carbocycles. The molecule has 0 saturated carbocycles. The Kier molecular flexibility index (Phi) is 3.86. The maximum atomic E-state index is 10.9. The zero-order chi connectivity index (χ0) is 13.1. The summed E-state index contributed by atoms with van der Waals surface area (Å²) in [6.45, 7) is 4.06. The van der Waals surface area contributed by atoms with Crippen molar-refractivity contribution in [3.63, 3.8) is 0 Å². The van der Waals surface area contributed by atoms with Crippen LogP contribution >= 0.6 is 11.8 Å². The van der Waals surface area contributed by atoms with Crippen molar-refractivity contribution in [1.29, 1.82) is 0 Å². The van der Waals surface area contributed by atoms with Crippen molar-refractivity contribution in [1.82, 2.24) is 4.98 Å². The normalized spacial score (nSPS) is 17.2. The lowest BCUT2D eigenvalue weighted by atomic mass is 10.1. The van der Waals surface area contributed by atoms with E-state index in [0.29, 0.717) is 11.5 Å². The Morgan fingerprint density at radius 1 is 1.56 bits per heavy atom. The number of hydrogen-bond donors (Lipinski definition) is 2. The first-order valence-corrected chi connectivity index (χ1v) is 7.02. The van der Waals surface area contributed by atoms with Crippen LogP contribution in [0.3, 0.4) is 0 Å². The van der Waals surface area contributed by atoms with Gasteiger partial charge in [-0.1, -0.05) is 0 Å². The number of thioether (sulfide) groups is 1. The Morgan fingerprint density at radius 3 is 2.94 bits per heavy atom. The summed E-state index contributed by atoms with van der Waals surface area (Å²) in [4.78, 5) is 19.5. The minimum absolute atomic E-state index is 0.00547. The Hall–Kier alpha value is -1.56. The smallest absolute Gasteiger partial charge is 0.168 e. The van der Waals surface area contributed by atoms with Crippen molar-refractivity contribution in [3.05, 3.63) is 17.3 Å². The van der Waals surface area contributed by atoms with E-state index in [4.69, 9.17) is 0 Å². The summed E-state index contributed by atoms with van der Waals surface area (Å²) >= 11 is 1.61. The molecule has 2 N–H and O–H groups in total. The molecule has 0 aromatic carbocycles. The summed E-state index contributed by atoms with van der Waals surface area (Å²) in [7, 11) is 0. The second-order valence-electron chi connectivity index (χ2n) is 4.29. The van der Waals surface area contributed by atoms with Crippen molar-refractivity contribution in [2.24, 2.45) is 4.99 Å². The molecule has 1 aromatic rings. The van der Waals surface area contributed by atoms with Gasteiger partial charge in [-0.25, -0.2) is 4.98 Å². The van der Waals surface area contributed by atoms with Gasteiger partial charge in [-0.3, -0.25) is 9.79 Å². The van der Waals surface area contributed by atoms with Crippen LogP contribution in [0.2, 0.25) is 0 Å². The molecule has 0 saturated heterocycles. The fourth-order valence-corrected chi connectivity index (χ4v) is 2.12. The van der Waals surface area contributed by atoms with Crippen molar-refractivity contribution in [3.8, 4) is 0 Å². The van der Waals surface area contributed by atoms with E-state index in [1.807, 2.05) is 20.1 Å². The van der Waals surface area contributed by atoms with Crippen LogP contribution < -0.4 is 10.6 Å². The summed E-state index contributed by atoms with van der Waals surface area (Å²) in [5.41, 5.74) is 2.20. The molecule has 1 atom stereocenters. The van der Waals surface area contributed by atoms with Gasteiger partial charge in [0.05, 0.1) is 5.69 Å².